The van der Waals surface area contributed by atoms with Crippen molar-refractivity contribution in [3.8, 4) is 0 Å². The zero-order chi connectivity index (χ0) is 15.2. The van der Waals surface area contributed by atoms with Crippen molar-refractivity contribution in [3.05, 3.63) is 71.6 Å². The molecule has 5 nitrogen and oxygen atoms in total. The lowest BCUT2D eigenvalue weighted by Crippen LogP contribution is -2.03. The fourth-order valence-corrected chi connectivity index (χ4v) is 1.94. The van der Waals surface area contributed by atoms with Gasteiger partial charge in [0.2, 0.25) is 0 Å². The first-order valence-electron chi connectivity index (χ1n) is 6.26. The Labute approximate surface area is 134 Å². The minimum atomic E-state index is -0.982. The zero-order valence-electron chi connectivity index (χ0n) is 11.8. The Kier molecular flexibility index (Phi) is 6.28. The Morgan fingerprint density at radius 3 is 2.27 bits per heavy atom. The number of pyridine rings is 1. The number of nitrogens with zero attached hydrogens (tertiary/aromatic N) is 2. The van der Waals surface area contributed by atoms with Crippen LogP contribution in [-0.4, -0.2) is 27.0 Å². The Morgan fingerprint density at radius 1 is 1.14 bits per heavy atom. The molecule has 0 atom stereocenters. The smallest absolute Gasteiger partial charge is 0.328 e. The maximum Gasteiger partial charge on any atom is 0.328 e. The van der Waals surface area contributed by atoms with Gasteiger partial charge in [0, 0.05) is 29.6 Å². The molecule has 2 rings (SSSR count). The van der Waals surface area contributed by atoms with E-state index in [0.29, 0.717) is 16.8 Å². The van der Waals surface area contributed by atoms with Gasteiger partial charge in [-0.15, -0.1) is 12.4 Å². The summed E-state index contributed by atoms with van der Waals surface area (Å²) in [4.78, 5) is 14.6. The largest absolute Gasteiger partial charge is 0.478 e. The quantitative estimate of drug-likeness (QED) is 0.392. The maximum atomic E-state index is 10.7. The number of allylic oxidation sites excluding steroid dienone is 1. The van der Waals surface area contributed by atoms with Crippen molar-refractivity contribution in [2.24, 2.45) is 5.16 Å². The zero-order valence-corrected chi connectivity index (χ0v) is 12.6. The first-order valence-corrected chi connectivity index (χ1v) is 6.26. The number of carbonyl (C=O) groups is 1. The van der Waals surface area contributed by atoms with Crippen LogP contribution in [0.3, 0.4) is 0 Å². The molecule has 0 radical (unpaired) electrons. The van der Waals surface area contributed by atoms with Crippen LogP contribution in [0.2, 0.25) is 0 Å². The minimum Gasteiger partial charge on any atom is -0.478 e. The second-order valence-electron chi connectivity index (χ2n) is 4.43. The highest BCUT2D eigenvalue weighted by atomic mass is 35.5. The summed E-state index contributed by atoms with van der Waals surface area (Å²) in [6.45, 7) is 1.73. The second kappa shape index (κ2) is 7.95. The van der Waals surface area contributed by atoms with E-state index in [1.807, 2.05) is 0 Å². The van der Waals surface area contributed by atoms with Gasteiger partial charge >= 0.3 is 5.97 Å². The molecule has 1 aromatic carbocycles. The number of aliphatic carboxylic acids is 1. The van der Waals surface area contributed by atoms with Crippen molar-refractivity contribution >= 4 is 29.7 Å². The fraction of sp³-hybridized carbons (Fsp3) is 0.0625. The molecule has 22 heavy (non-hydrogen) atoms. The molecule has 0 aliphatic heterocycles. The lowest BCUT2D eigenvalue weighted by Gasteiger charge is -2.06. The van der Waals surface area contributed by atoms with E-state index in [9.17, 15) is 10.0 Å². The van der Waals surface area contributed by atoms with Gasteiger partial charge in [-0.3, -0.25) is 4.98 Å². The molecule has 0 spiro atoms. The number of hydrogen-bond acceptors (Lipinski definition) is 4. The van der Waals surface area contributed by atoms with E-state index in [1.165, 1.54) is 0 Å². The first-order chi connectivity index (χ1) is 10.1. The summed E-state index contributed by atoms with van der Waals surface area (Å²) in [5.74, 6) is -0.982. The predicted molar refractivity (Wildman–Crippen MR) is 86.6 cm³/mol. The molecule has 0 bridgehead atoms. The standard InChI is InChI=1S/C16H14N2O3.ClH/c1-11(9-15(19)20)12-4-6-13(7-5-12)16(18-21)14-3-2-8-17-10-14;/h2-10,21H,1H3,(H,19,20);1H. The summed E-state index contributed by atoms with van der Waals surface area (Å²) >= 11 is 0. The molecule has 1 heterocycles. The summed E-state index contributed by atoms with van der Waals surface area (Å²) in [5.41, 5.74) is 3.28. The topological polar surface area (TPSA) is 82.8 Å². The minimum absolute atomic E-state index is 0. The van der Waals surface area contributed by atoms with Crippen molar-refractivity contribution in [1.82, 2.24) is 4.98 Å². The molecule has 0 fully saturated rings. The van der Waals surface area contributed by atoms with Gasteiger partial charge in [0.05, 0.1) is 0 Å². The van der Waals surface area contributed by atoms with Gasteiger partial charge in [-0.25, -0.2) is 4.79 Å². The van der Waals surface area contributed by atoms with E-state index in [0.717, 1.165) is 17.2 Å². The highest BCUT2D eigenvalue weighted by Gasteiger charge is 2.08. The van der Waals surface area contributed by atoms with Gasteiger partial charge in [-0.2, -0.15) is 0 Å². The molecule has 2 aromatic rings. The average molecular weight is 319 g/mol. The third-order valence-electron chi connectivity index (χ3n) is 2.99. The number of rotatable bonds is 4. The monoisotopic (exact) mass is 318 g/mol. The van der Waals surface area contributed by atoms with Crippen molar-refractivity contribution in [2.75, 3.05) is 0 Å². The Balaban J connectivity index is 0.00000242. The fourth-order valence-electron chi connectivity index (χ4n) is 1.94. The second-order valence-corrected chi connectivity index (χ2v) is 4.43. The first kappa shape index (κ1) is 17.4. The molecule has 1 aromatic heterocycles. The molecule has 0 saturated heterocycles. The van der Waals surface area contributed by atoms with Crippen molar-refractivity contribution in [2.45, 2.75) is 6.92 Å². The van der Waals surface area contributed by atoms with Gasteiger partial charge in [0.1, 0.15) is 5.71 Å². The summed E-state index contributed by atoms with van der Waals surface area (Å²) in [7, 11) is 0. The maximum absolute atomic E-state index is 10.7. The molecule has 114 valence electrons. The normalized spacial score (nSPS) is 11.7. The molecule has 6 heteroatoms. The molecule has 0 aliphatic rings. The van der Waals surface area contributed by atoms with E-state index >= 15 is 0 Å². The molecule has 0 unspecified atom stereocenters. The molecule has 2 N–H and O–H groups in total. The van der Waals surface area contributed by atoms with Gasteiger partial charge in [-0.1, -0.05) is 29.4 Å². The number of hydrogen-bond donors (Lipinski definition) is 2. The van der Waals surface area contributed by atoms with E-state index in [1.54, 1.807) is 55.7 Å². The SMILES string of the molecule is CC(=CC(=O)O)c1ccc(C(=NO)c2cccnc2)cc1.Cl. The van der Waals surface area contributed by atoms with Crippen LogP contribution in [0, 0.1) is 0 Å². The van der Waals surface area contributed by atoms with Crippen LogP contribution >= 0.6 is 12.4 Å². The van der Waals surface area contributed by atoms with Crippen LogP contribution in [-0.2, 0) is 4.79 Å². The molecular formula is C16H15ClN2O3. The van der Waals surface area contributed by atoms with Crippen molar-refractivity contribution < 1.29 is 15.1 Å². The molecule has 0 aliphatic carbocycles. The summed E-state index contributed by atoms with van der Waals surface area (Å²) < 4.78 is 0. The van der Waals surface area contributed by atoms with Crippen LogP contribution < -0.4 is 0 Å². The Hall–Kier alpha value is -2.66. The van der Waals surface area contributed by atoms with Gasteiger partial charge in [-0.05, 0) is 30.2 Å². The Morgan fingerprint density at radius 2 is 1.77 bits per heavy atom. The van der Waals surface area contributed by atoms with Crippen molar-refractivity contribution in [3.63, 3.8) is 0 Å². The van der Waals surface area contributed by atoms with Gasteiger partial charge < -0.3 is 10.3 Å². The van der Waals surface area contributed by atoms with E-state index in [2.05, 4.69) is 10.1 Å². The average Bonchev–Trinajstić information content (AvgIpc) is 2.49. The summed E-state index contributed by atoms with van der Waals surface area (Å²) in [6.07, 6.45) is 4.40. The summed E-state index contributed by atoms with van der Waals surface area (Å²) in [5, 5.41) is 21.3. The van der Waals surface area contributed by atoms with Gasteiger partial charge in [0.25, 0.3) is 0 Å². The third kappa shape index (κ3) is 4.17. The molecule has 0 saturated carbocycles. The number of benzene rings is 1. The molecule has 0 amide bonds. The van der Waals surface area contributed by atoms with Gasteiger partial charge in [0.15, 0.2) is 0 Å². The summed E-state index contributed by atoms with van der Waals surface area (Å²) in [6, 6.07) is 10.7. The Bertz CT molecular complexity index is 695. The third-order valence-corrected chi connectivity index (χ3v) is 2.99. The highest BCUT2D eigenvalue weighted by Crippen LogP contribution is 2.17. The van der Waals surface area contributed by atoms with E-state index < -0.39 is 5.97 Å². The van der Waals surface area contributed by atoms with Crippen LogP contribution in [0.25, 0.3) is 5.57 Å². The van der Waals surface area contributed by atoms with Crippen molar-refractivity contribution in [1.29, 1.82) is 0 Å². The lowest BCUT2D eigenvalue weighted by molar-refractivity contribution is -0.131. The number of carboxylic acid groups (broad SMARTS) is 1. The number of carboxylic acids is 1. The van der Waals surface area contributed by atoms with Crippen LogP contribution in [0.15, 0.2) is 60.0 Å². The number of halogens is 1. The molecular weight excluding hydrogens is 304 g/mol. The highest BCUT2D eigenvalue weighted by molar-refractivity contribution is 6.12. The van der Waals surface area contributed by atoms with Crippen LogP contribution in [0.1, 0.15) is 23.6 Å². The van der Waals surface area contributed by atoms with E-state index in [-0.39, 0.29) is 12.4 Å². The van der Waals surface area contributed by atoms with E-state index in [4.69, 9.17) is 5.11 Å². The number of aromatic nitrogens is 1. The predicted octanol–water partition coefficient (Wildman–Crippen LogP) is 3.22. The number of oxime groups is 1. The van der Waals surface area contributed by atoms with Crippen LogP contribution in [0.5, 0.6) is 0 Å². The van der Waals surface area contributed by atoms with Crippen LogP contribution in [0.4, 0.5) is 0 Å². The lowest BCUT2D eigenvalue weighted by atomic mass is 10.00.